The van der Waals surface area contributed by atoms with Crippen molar-refractivity contribution >= 4 is 28.7 Å². The van der Waals surface area contributed by atoms with Crippen molar-refractivity contribution in [2.45, 2.75) is 20.4 Å². The summed E-state index contributed by atoms with van der Waals surface area (Å²) in [6, 6.07) is 12.3. The summed E-state index contributed by atoms with van der Waals surface area (Å²) in [5.74, 6) is 0. The molecule has 1 aliphatic rings. The van der Waals surface area contributed by atoms with Crippen molar-refractivity contribution in [3.05, 3.63) is 65.2 Å². The van der Waals surface area contributed by atoms with E-state index in [9.17, 15) is 0 Å². The minimum Gasteiger partial charge on any atom is -0.384 e. The van der Waals surface area contributed by atoms with Crippen LogP contribution in [-0.4, -0.2) is 34.5 Å². The topological polar surface area (TPSA) is 64.0 Å². The molecule has 6 nitrogen and oxygen atoms in total. The van der Waals surface area contributed by atoms with Gasteiger partial charge in [0.05, 0.1) is 35.9 Å². The van der Waals surface area contributed by atoms with Crippen LogP contribution < -0.4 is 10.6 Å². The number of anilines is 3. The lowest BCUT2D eigenvalue weighted by Crippen LogP contribution is -2.50. The maximum absolute atomic E-state index is 6.33. The maximum atomic E-state index is 6.33. The van der Waals surface area contributed by atoms with Gasteiger partial charge < -0.3 is 15.4 Å². The summed E-state index contributed by atoms with van der Waals surface area (Å²) in [5, 5.41) is 11.9. The first-order chi connectivity index (χ1) is 13.5. The molecule has 0 aliphatic carbocycles. The van der Waals surface area contributed by atoms with E-state index in [1.54, 1.807) is 12.7 Å². The average Bonchev–Trinajstić information content (AvgIpc) is 3.14. The van der Waals surface area contributed by atoms with E-state index in [1.807, 2.05) is 29.8 Å². The van der Waals surface area contributed by atoms with Gasteiger partial charge in [0.2, 0.25) is 0 Å². The molecule has 1 aliphatic heterocycles. The Morgan fingerprint density at radius 2 is 1.96 bits per heavy atom. The Balaban J connectivity index is 1.41. The lowest BCUT2D eigenvalue weighted by atomic mass is 9.85. The highest BCUT2D eigenvalue weighted by Gasteiger charge is 2.39. The fourth-order valence-electron chi connectivity index (χ4n) is 3.40. The van der Waals surface area contributed by atoms with Crippen LogP contribution in [0.15, 0.2) is 49.1 Å². The number of benzene rings is 2. The van der Waals surface area contributed by atoms with E-state index < -0.39 is 0 Å². The zero-order valence-electron chi connectivity index (χ0n) is 16.1. The fraction of sp³-hybridized carbons (Fsp3) is 0.333. The van der Waals surface area contributed by atoms with Crippen LogP contribution in [0, 0.1) is 19.3 Å². The van der Waals surface area contributed by atoms with Crippen LogP contribution in [0.2, 0.25) is 5.02 Å². The molecule has 0 radical (unpaired) electrons. The standard InChI is InChI=1S/C21H24ClN5O/c1-15-3-5-20(18(22)7-15)26-17-4-6-19(16(2)8-17)24-9-21(11-28-12-21)10-27-14-23-13-25-27/h3-8,13-14,24,26H,9-12H2,1-2H3. The van der Waals surface area contributed by atoms with E-state index in [2.05, 4.69) is 45.8 Å². The molecule has 1 saturated heterocycles. The Morgan fingerprint density at radius 1 is 1.14 bits per heavy atom. The highest BCUT2D eigenvalue weighted by atomic mass is 35.5. The van der Waals surface area contributed by atoms with Crippen molar-refractivity contribution in [2.75, 3.05) is 30.4 Å². The molecule has 146 valence electrons. The smallest absolute Gasteiger partial charge is 0.137 e. The molecule has 4 rings (SSSR count). The second-order valence-corrected chi connectivity index (χ2v) is 7.98. The highest BCUT2D eigenvalue weighted by Crippen LogP contribution is 2.32. The Hall–Kier alpha value is -2.57. The van der Waals surface area contributed by atoms with Crippen molar-refractivity contribution in [1.82, 2.24) is 14.8 Å². The summed E-state index contributed by atoms with van der Waals surface area (Å²) in [6.45, 7) is 7.21. The van der Waals surface area contributed by atoms with E-state index in [1.165, 1.54) is 5.56 Å². The van der Waals surface area contributed by atoms with Crippen LogP contribution in [0.5, 0.6) is 0 Å². The average molecular weight is 398 g/mol. The first kappa shape index (κ1) is 18.8. The van der Waals surface area contributed by atoms with E-state index in [-0.39, 0.29) is 5.41 Å². The molecule has 7 heteroatoms. The summed E-state index contributed by atoms with van der Waals surface area (Å²) in [7, 11) is 0. The number of halogens is 1. The van der Waals surface area contributed by atoms with Gasteiger partial charge in [-0.15, -0.1) is 0 Å². The molecule has 2 heterocycles. The van der Waals surface area contributed by atoms with Gasteiger partial charge in [0, 0.05) is 17.9 Å². The lowest BCUT2D eigenvalue weighted by Gasteiger charge is -2.41. The fourth-order valence-corrected chi connectivity index (χ4v) is 3.68. The number of ether oxygens (including phenoxy) is 1. The SMILES string of the molecule is Cc1ccc(Nc2ccc(NCC3(Cn4cncn4)COC3)c(C)c2)c(Cl)c1. The molecule has 0 unspecified atom stereocenters. The molecule has 1 fully saturated rings. The molecule has 3 aromatic rings. The Labute approximate surface area is 169 Å². The van der Waals surface area contributed by atoms with Crippen LogP contribution >= 0.6 is 11.6 Å². The minimum atomic E-state index is 0.0481. The van der Waals surface area contributed by atoms with E-state index in [4.69, 9.17) is 16.3 Å². The van der Waals surface area contributed by atoms with Crippen molar-refractivity contribution in [3.63, 3.8) is 0 Å². The first-order valence-electron chi connectivity index (χ1n) is 9.31. The number of rotatable bonds is 7. The lowest BCUT2D eigenvalue weighted by molar-refractivity contribution is -0.114. The molecule has 0 atom stereocenters. The van der Waals surface area contributed by atoms with Gasteiger partial charge in [-0.05, 0) is 55.3 Å². The predicted octanol–water partition coefficient (Wildman–Crippen LogP) is 4.42. The number of hydrogen-bond donors (Lipinski definition) is 2. The van der Waals surface area contributed by atoms with Crippen LogP contribution in [0.3, 0.4) is 0 Å². The summed E-state index contributed by atoms with van der Waals surface area (Å²) < 4.78 is 7.36. The maximum Gasteiger partial charge on any atom is 0.137 e. The predicted molar refractivity (Wildman–Crippen MR) is 112 cm³/mol. The van der Waals surface area contributed by atoms with Gasteiger partial charge in [0.25, 0.3) is 0 Å². The quantitative estimate of drug-likeness (QED) is 0.617. The third-order valence-corrected chi connectivity index (χ3v) is 5.38. The van der Waals surface area contributed by atoms with Crippen molar-refractivity contribution in [1.29, 1.82) is 0 Å². The van der Waals surface area contributed by atoms with Gasteiger partial charge in [-0.1, -0.05) is 17.7 Å². The number of nitrogens with zero attached hydrogens (tertiary/aromatic N) is 3. The zero-order chi connectivity index (χ0) is 19.6. The first-order valence-corrected chi connectivity index (χ1v) is 9.69. The minimum absolute atomic E-state index is 0.0481. The number of aromatic nitrogens is 3. The summed E-state index contributed by atoms with van der Waals surface area (Å²) >= 11 is 6.33. The van der Waals surface area contributed by atoms with Crippen LogP contribution in [-0.2, 0) is 11.3 Å². The van der Waals surface area contributed by atoms with Crippen molar-refractivity contribution < 1.29 is 4.74 Å². The van der Waals surface area contributed by atoms with E-state index in [0.717, 1.165) is 54.0 Å². The van der Waals surface area contributed by atoms with Crippen LogP contribution in [0.25, 0.3) is 0 Å². The second-order valence-electron chi connectivity index (χ2n) is 7.58. The molecule has 0 bridgehead atoms. The summed E-state index contributed by atoms with van der Waals surface area (Å²) in [6.07, 6.45) is 3.32. The third-order valence-electron chi connectivity index (χ3n) is 5.06. The van der Waals surface area contributed by atoms with Crippen LogP contribution in [0.1, 0.15) is 11.1 Å². The molecular formula is C21H24ClN5O. The van der Waals surface area contributed by atoms with E-state index in [0.29, 0.717) is 0 Å². The second kappa shape index (κ2) is 7.81. The van der Waals surface area contributed by atoms with Gasteiger partial charge in [0.1, 0.15) is 12.7 Å². The molecule has 28 heavy (non-hydrogen) atoms. The molecule has 0 amide bonds. The molecule has 2 N–H and O–H groups in total. The normalized spacial score (nSPS) is 15.1. The monoisotopic (exact) mass is 397 g/mol. The molecule has 2 aromatic carbocycles. The highest BCUT2D eigenvalue weighted by molar-refractivity contribution is 6.33. The summed E-state index contributed by atoms with van der Waals surface area (Å²) in [5.41, 5.74) is 5.40. The Bertz CT molecular complexity index is 953. The van der Waals surface area contributed by atoms with Gasteiger partial charge in [-0.25, -0.2) is 4.98 Å². The molecule has 0 saturated carbocycles. The molecule has 0 spiro atoms. The van der Waals surface area contributed by atoms with Gasteiger partial charge in [0.15, 0.2) is 0 Å². The molecular weight excluding hydrogens is 374 g/mol. The zero-order valence-corrected chi connectivity index (χ0v) is 16.8. The number of hydrogen-bond acceptors (Lipinski definition) is 5. The Morgan fingerprint density at radius 3 is 2.61 bits per heavy atom. The number of nitrogens with one attached hydrogen (secondary N) is 2. The van der Waals surface area contributed by atoms with E-state index >= 15 is 0 Å². The van der Waals surface area contributed by atoms with Crippen LogP contribution in [0.4, 0.5) is 17.1 Å². The van der Waals surface area contributed by atoms with Gasteiger partial charge in [-0.2, -0.15) is 5.10 Å². The summed E-state index contributed by atoms with van der Waals surface area (Å²) in [4.78, 5) is 4.03. The third kappa shape index (κ3) is 4.13. The van der Waals surface area contributed by atoms with Crippen molar-refractivity contribution in [3.8, 4) is 0 Å². The van der Waals surface area contributed by atoms with Gasteiger partial charge >= 0.3 is 0 Å². The largest absolute Gasteiger partial charge is 0.384 e. The Kier molecular flexibility index (Phi) is 5.24. The van der Waals surface area contributed by atoms with Gasteiger partial charge in [-0.3, -0.25) is 4.68 Å². The molecule has 1 aromatic heterocycles. The number of aryl methyl sites for hydroxylation is 2. The van der Waals surface area contributed by atoms with Crippen molar-refractivity contribution in [2.24, 2.45) is 5.41 Å².